The molecule has 0 N–H and O–H groups in total. The van der Waals surface area contributed by atoms with Crippen LogP contribution in [0.5, 0.6) is 0 Å². The average Bonchev–Trinajstić information content (AvgIpc) is 3.44. The maximum absolute atomic E-state index is 12.9. The van der Waals surface area contributed by atoms with Crippen LogP contribution in [0.25, 0.3) is 0 Å². The lowest BCUT2D eigenvalue weighted by molar-refractivity contribution is -0.167. The van der Waals surface area contributed by atoms with E-state index in [0.29, 0.717) is 19.3 Å². The van der Waals surface area contributed by atoms with Gasteiger partial charge in [-0.1, -0.05) is 293 Å². The van der Waals surface area contributed by atoms with E-state index in [1.165, 1.54) is 238 Å². The summed E-state index contributed by atoms with van der Waals surface area (Å²) in [6.07, 6.45) is 85.2. The number of hydrogen-bond acceptors (Lipinski definition) is 6. The van der Waals surface area contributed by atoms with E-state index in [2.05, 4.69) is 81.5 Å². The van der Waals surface area contributed by atoms with Crippen LogP contribution in [0.4, 0.5) is 0 Å². The van der Waals surface area contributed by atoms with E-state index >= 15 is 0 Å². The first-order valence-corrected chi connectivity index (χ1v) is 34.3. The summed E-state index contributed by atoms with van der Waals surface area (Å²) in [6.45, 7) is 6.65. The van der Waals surface area contributed by atoms with Gasteiger partial charge in [0, 0.05) is 19.3 Å². The maximum atomic E-state index is 12.9. The lowest BCUT2D eigenvalue weighted by Crippen LogP contribution is -2.30. The Morgan fingerprint density at radius 1 is 0.256 bits per heavy atom. The molecule has 0 aliphatic heterocycles. The third-order valence-corrected chi connectivity index (χ3v) is 15.2. The third-order valence-electron chi connectivity index (χ3n) is 15.2. The van der Waals surface area contributed by atoms with Gasteiger partial charge in [0.2, 0.25) is 0 Å². The van der Waals surface area contributed by atoms with Crippen LogP contribution in [-0.2, 0) is 28.6 Å². The molecule has 0 saturated heterocycles. The third kappa shape index (κ3) is 63.9. The predicted molar refractivity (Wildman–Crippen MR) is 339 cm³/mol. The van der Waals surface area contributed by atoms with Gasteiger partial charge in [-0.05, 0) is 109 Å². The molecule has 0 aromatic carbocycles. The zero-order valence-electron chi connectivity index (χ0n) is 52.2. The van der Waals surface area contributed by atoms with E-state index in [1.807, 2.05) is 0 Å². The topological polar surface area (TPSA) is 78.9 Å². The molecule has 0 bridgehead atoms. The average molecular weight is 1090 g/mol. The molecule has 0 aromatic rings. The fourth-order valence-electron chi connectivity index (χ4n) is 10.0. The minimum absolute atomic E-state index is 0.0792. The number of allylic oxidation sites excluding steroid dienone is 10. The zero-order chi connectivity index (χ0) is 56.4. The number of esters is 3. The fraction of sp³-hybridized carbons (Fsp3) is 0.819. The Labute approximate surface area is 485 Å². The number of carbonyl (C=O) groups is 3. The molecule has 78 heavy (non-hydrogen) atoms. The first-order valence-electron chi connectivity index (χ1n) is 34.3. The second-order valence-corrected chi connectivity index (χ2v) is 23.1. The second-order valence-electron chi connectivity index (χ2n) is 23.1. The first-order chi connectivity index (χ1) is 38.5. The molecular weight excluding hydrogens is 961 g/mol. The number of unbranched alkanes of at least 4 members (excludes halogenated alkanes) is 42. The quantitative estimate of drug-likeness (QED) is 0.0261. The standard InChI is InChI=1S/C72H130O6/c1-4-7-10-13-16-19-22-25-28-31-34-35-36-37-39-41-44-47-50-53-56-59-62-65-71(74)77-68-69(67-76-70(73)64-61-58-55-52-49-46-43-40-33-30-27-24-21-18-15-12-9-6-3)78-72(75)66-63-60-57-54-51-48-45-42-38-32-29-26-23-20-17-14-11-8-5-2/h17,20,26,29-31,33-34,38,42,69H,4-16,18-19,21-25,27-28,32,35-37,39-41,43-68H2,1-3H3/b20-17-,29-26-,33-30-,34-31-,42-38-. The van der Waals surface area contributed by atoms with Gasteiger partial charge < -0.3 is 14.2 Å². The lowest BCUT2D eigenvalue weighted by Gasteiger charge is -2.18. The van der Waals surface area contributed by atoms with Crippen molar-refractivity contribution < 1.29 is 28.6 Å². The van der Waals surface area contributed by atoms with Crippen molar-refractivity contribution in [1.82, 2.24) is 0 Å². The molecule has 0 saturated carbocycles. The van der Waals surface area contributed by atoms with E-state index in [4.69, 9.17) is 14.2 Å². The van der Waals surface area contributed by atoms with Crippen LogP contribution in [0, 0.1) is 0 Å². The SMILES string of the molecule is CCCCC/C=C\C/C=C\C/C=C\CCCCCCCCC(=O)OC(COC(=O)CCCCCCCCC/C=C\CCCCCCCCC)COC(=O)CCCCCCCCCCCCC/C=C\CCCCCCCCCC. The molecule has 0 aliphatic carbocycles. The summed E-state index contributed by atoms with van der Waals surface area (Å²) < 4.78 is 17.0. The van der Waals surface area contributed by atoms with E-state index in [1.54, 1.807) is 0 Å². The highest BCUT2D eigenvalue weighted by Gasteiger charge is 2.19. The highest BCUT2D eigenvalue weighted by Crippen LogP contribution is 2.17. The van der Waals surface area contributed by atoms with Gasteiger partial charge in [-0.2, -0.15) is 0 Å². The number of hydrogen-bond donors (Lipinski definition) is 0. The normalized spacial score (nSPS) is 12.4. The van der Waals surface area contributed by atoms with Gasteiger partial charge >= 0.3 is 17.9 Å². The highest BCUT2D eigenvalue weighted by molar-refractivity contribution is 5.71. The molecule has 0 radical (unpaired) electrons. The van der Waals surface area contributed by atoms with Gasteiger partial charge in [-0.15, -0.1) is 0 Å². The van der Waals surface area contributed by atoms with Crippen molar-refractivity contribution in [1.29, 1.82) is 0 Å². The molecule has 0 fully saturated rings. The summed E-state index contributed by atoms with van der Waals surface area (Å²) >= 11 is 0. The molecule has 454 valence electrons. The second kappa shape index (κ2) is 66.6. The highest BCUT2D eigenvalue weighted by atomic mass is 16.6. The largest absolute Gasteiger partial charge is 0.462 e. The van der Waals surface area contributed by atoms with E-state index in [0.717, 1.165) is 83.5 Å². The van der Waals surface area contributed by atoms with Crippen molar-refractivity contribution in [3.8, 4) is 0 Å². The number of rotatable bonds is 63. The number of carbonyl (C=O) groups excluding carboxylic acids is 3. The van der Waals surface area contributed by atoms with Gasteiger partial charge in [0.15, 0.2) is 6.10 Å². The van der Waals surface area contributed by atoms with Gasteiger partial charge in [0.05, 0.1) is 0 Å². The number of ether oxygens (including phenoxy) is 3. The van der Waals surface area contributed by atoms with Crippen molar-refractivity contribution in [3.63, 3.8) is 0 Å². The van der Waals surface area contributed by atoms with Crippen molar-refractivity contribution in [2.75, 3.05) is 13.2 Å². The smallest absolute Gasteiger partial charge is 0.306 e. The summed E-state index contributed by atoms with van der Waals surface area (Å²) in [7, 11) is 0. The zero-order valence-corrected chi connectivity index (χ0v) is 52.2. The fourth-order valence-corrected chi connectivity index (χ4v) is 10.0. The Kier molecular flexibility index (Phi) is 64.2. The van der Waals surface area contributed by atoms with Crippen LogP contribution in [0.3, 0.4) is 0 Å². The van der Waals surface area contributed by atoms with Gasteiger partial charge in [0.25, 0.3) is 0 Å². The molecule has 1 atom stereocenters. The molecule has 0 heterocycles. The van der Waals surface area contributed by atoms with Crippen LogP contribution < -0.4 is 0 Å². The van der Waals surface area contributed by atoms with E-state index < -0.39 is 6.10 Å². The predicted octanol–water partition coefficient (Wildman–Crippen LogP) is 23.5. The molecule has 0 aromatic heterocycles. The van der Waals surface area contributed by atoms with Crippen LogP contribution in [0.2, 0.25) is 0 Å². The molecule has 0 spiro atoms. The Morgan fingerprint density at radius 3 is 0.756 bits per heavy atom. The van der Waals surface area contributed by atoms with Crippen molar-refractivity contribution in [3.05, 3.63) is 60.8 Å². The first kappa shape index (κ1) is 75.1. The Morgan fingerprint density at radius 2 is 0.462 bits per heavy atom. The Hall–Kier alpha value is -2.89. The van der Waals surface area contributed by atoms with Crippen LogP contribution in [0.1, 0.15) is 361 Å². The van der Waals surface area contributed by atoms with Crippen molar-refractivity contribution in [2.24, 2.45) is 0 Å². The molecule has 6 nitrogen and oxygen atoms in total. The van der Waals surface area contributed by atoms with E-state index in [9.17, 15) is 14.4 Å². The minimum atomic E-state index is -0.785. The monoisotopic (exact) mass is 1090 g/mol. The summed E-state index contributed by atoms with van der Waals surface area (Å²) in [5, 5.41) is 0. The van der Waals surface area contributed by atoms with Crippen LogP contribution in [0.15, 0.2) is 60.8 Å². The maximum Gasteiger partial charge on any atom is 0.306 e. The van der Waals surface area contributed by atoms with Crippen LogP contribution in [-0.4, -0.2) is 37.2 Å². The Balaban J connectivity index is 4.36. The molecule has 0 amide bonds. The Bertz CT molecular complexity index is 1390. The molecule has 6 heteroatoms. The van der Waals surface area contributed by atoms with Crippen molar-refractivity contribution >= 4 is 17.9 Å². The van der Waals surface area contributed by atoms with Crippen LogP contribution >= 0.6 is 0 Å². The van der Waals surface area contributed by atoms with E-state index in [-0.39, 0.29) is 31.1 Å². The summed E-state index contributed by atoms with van der Waals surface area (Å²) in [5.74, 6) is -0.876. The molecule has 0 rings (SSSR count). The summed E-state index contributed by atoms with van der Waals surface area (Å²) in [4.78, 5) is 38.4. The molecule has 1 unspecified atom stereocenters. The summed E-state index contributed by atoms with van der Waals surface area (Å²) in [6, 6.07) is 0. The van der Waals surface area contributed by atoms with Gasteiger partial charge in [-0.3, -0.25) is 14.4 Å². The minimum Gasteiger partial charge on any atom is -0.462 e. The summed E-state index contributed by atoms with van der Waals surface area (Å²) in [5.41, 5.74) is 0. The molecular formula is C72H130O6. The van der Waals surface area contributed by atoms with Crippen molar-refractivity contribution in [2.45, 2.75) is 367 Å². The molecule has 0 aliphatic rings. The van der Waals surface area contributed by atoms with Gasteiger partial charge in [0.1, 0.15) is 13.2 Å². The lowest BCUT2D eigenvalue weighted by atomic mass is 10.0. The van der Waals surface area contributed by atoms with Gasteiger partial charge in [-0.25, -0.2) is 0 Å².